The zero-order valence-electron chi connectivity index (χ0n) is 14.9. The molecule has 2 rings (SSSR count). The molecule has 1 saturated carbocycles. The quantitative estimate of drug-likeness (QED) is 0.869. The lowest BCUT2D eigenvalue weighted by molar-refractivity contribution is 0.0448. The van der Waals surface area contributed by atoms with Gasteiger partial charge in [-0.2, -0.15) is 0 Å². The molecule has 0 bridgehead atoms. The van der Waals surface area contributed by atoms with Crippen molar-refractivity contribution >= 4 is 0 Å². The van der Waals surface area contributed by atoms with Crippen LogP contribution in [-0.4, -0.2) is 54.1 Å². The van der Waals surface area contributed by atoms with Crippen molar-refractivity contribution in [2.24, 2.45) is 23.5 Å². The lowest BCUT2D eigenvalue weighted by Crippen LogP contribution is -2.55. The minimum Gasteiger partial charge on any atom is -0.327 e. The summed E-state index contributed by atoms with van der Waals surface area (Å²) in [4.78, 5) is 5.27. The third-order valence-electron chi connectivity index (χ3n) is 5.84. The van der Waals surface area contributed by atoms with Crippen molar-refractivity contribution < 1.29 is 0 Å². The second-order valence-corrected chi connectivity index (χ2v) is 8.70. The van der Waals surface area contributed by atoms with E-state index in [2.05, 4.69) is 44.4 Å². The predicted octanol–water partition coefficient (Wildman–Crippen LogP) is 2.80. The first-order chi connectivity index (χ1) is 9.77. The third-order valence-corrected chi connectivity index (χ3v) is 5.84. The van der Waals surface area contributed by atoms with E-state index in [-0.39, 0.29) is 0 Å². The molecule has 0 aromatic rings. The second-order valence-electron chi connectivity index (χ2n) is 8.70. The summed E-state index contributed by atoms with van der Waals surface area (Å²) >= 11 is 0. The van der Waals surface area contributed by atoms with Crippen molar-refractivity contribution in [3.63, 3.8) is 0 Å². The zero-order valence-corrected chi connectivity index (χ0v) is 14.9. The molecule has 3 heteroatoms. The van der Waals surface area contributed by atoms with Crippen LogP contribution in [0.3, 0.4) is 0 Å². The van der Waals surface area contributed by atoms with Gasteiger partial charge in [-0.1, -0.05) is 13.8 Å². The molecule has 2 fully saturated rings. The SMILES string of the molecule is CC(C)C1CCC(N)C(CN2CCN(C(C)(C)C)CC2)C1. The summed E-state index contributed by atoms with van der Waals surface area (Å²) in [6.07, 6.45) is 3.92. The molecule has 3 atom stereocenters. The smallest absolute Gasteiger partial charge is 0.0126 e. The highest BCUT2D eigenvalue weighted by Gasteiger charge is 2.32. The highest BCUT2D eigenvalue weighted by molar-refractivity contribution is 4.88. The van der Waals surface area contributed by atoms with Crippen molar-refractivity contribution in [1.82, 2.24) is 9.80 Å². The minimum atomic E-state index is 0.316. The topological polar surface area (TPSA) is 32.5 Å². The van der Waals surface area contributed by atoms with E-state index in [4.69, 9.17) is 5.73 Å². The Kier molecular flexibility index (Phi) is 5.72. The zero-order chi connectivity index (χ0) is 15.6. The molecule has 0 aromatic carbocycles. The summed E-state index contributed by atoms with van der Waals surface area (Å²) in [6, 6.07) is 0.431. The van der Waals surface area contributed by atoms with Crippen LogP contribution >= 0.6 is 0 Å². The maximum atomic E-state index is 6.42. The maximum absolute atomic E-state index is 6.42. The van der Waals surface area contributed by atoms with Gasteiger partial charge in [-0.15, -0.1) is 0 Å². The molecule has 0 spiro atoms. The Morgan fingerprint density at radius 2 is 1.67 bits per heavy atom. The first kappa shape index (κ1) is 17.2. The Labute approximate surface area is 132 Å². The summed E-state index contributed by atoms with van der Waals surface area (Å²) in [6.45, 7) is 17.8. The fourth-order valence-corrected chi connectivity index (χ4v) is 4.07. The first-order valence-electron chi connectivity index (χ1n) is 9.00. The van der Waals surface area contributed by atoms with E-state index >= 15 is 0 Å². The molecule has 0 aromatic heterocycles. The van der Waals surface area contributed by atoms with E-state index in [1.165, 1.54) is 52.0 Å². The highest BCUT2D eigenvalue weighted by Crippen LogP contribution is 2.33. The lowest BCUT2D eigenvalue weighted by Gasteiger charge is -2.44. The van der Waals surface area contributed by atoms with Crippen LogP contribution in [0.25, 0.3) is 0 Å². The largest absolute Gasteiger partial charge is 0.327 e. The molecule has 124 valence electrons. The van der Waals surface area contributed by atoms with Gasteiger partial charge in [0.15, 0.2) is 0 Å². The molecular formula is C18H37N3. The van der Waals surface area contributed by atoms with Crippen molar-refractivity contribution in [3.8, 4) is 0 Å². The molecule has 3 unspecified atom stereocenters. The molecule has 0 radical (unpaired) electrons. The van der Waals surface area contributed by atoms with Gasteiger partial charge < -0.3 is 10.6 Å². The molecule has 1 aliphatic heterocycles. The average molecular weight is 296 g/mol. The fraction of sp³-hybridized carbons (Fsp3) is 1.00. The van der Waals surface area contributed by atoms with Crippen LogP contribution in [-0.2, 0) is 0 Å². The Morgan fingerprint density at radius 3 is 2.19 bits per heavy atom. The average Bonchev–Trinajstić information content (AvgIpc) is 2.40. The van der Waals surface area contributed by atoms with Crippen molar-refractivity contribution in [3.05, 3.63) is 0 Å². The van der Waals surface area contributed by atoms with Crippen LogP contribution in [0.15, 0.2) is 0 Å². The number of rotatable bonds is 3. The molecule has 0 amide bonds. The number of hydrogen-bond donors (Lipinski definition) is 1. The summed E-state index contributed by atoms with van der Waals surface area (Å²) in [5, 5.41) is 0. The summed E-state index contributed by atoms with van der Waals surface area (Å²) < 4.78 is 0. The molecule has 2 aliphatic rings. The van der Waals surface area contributed by atoms with Crippen LogP contribution in [0.5, 0.6) is 0 Å². The van der Waals surface area contributed by atoms with Gasteiger partial charge in [-0.25, -0.2) is 0 Å². The number of nitrogens with two attached hydrogens (primary N) is 1. The second kappa shape index (κ2) is 6.97. The molecular weight excluding hydrogens is 258 g/mol. The number of nitrogens with zero attached hydrogens (tertiary/aromatic N) is 2. The van der Waals surface area contributed by atoms with Gasteiger partial charge in [0.05, 0.1) is 0 Å². The normalized spacial score (nSPS) is 33.6. The Balaban J connectivity index is 1.82. The van der Waals surface area contributed by atoms with E-state index in [1.54, 1.807) is 0 Å². The van der Waals surface area contributed by atoms with Crippen molar-refractivity contribution in [2.45, 2.75) is 65.5 Å². The predicted molar refractivity (Wildman–Crippen MR) is 91.4 cm³/mol. The van der Waals surface area contributed by atoms with E-state index < -0.39 is 0 Å². The molecule has 21 heavy (non-hydrogen) atoms. The van der Waals surface area contributed by atoms with Crippen molar-refractivity contribution in [1.29, 1.82) is 0 Å². The summed E-state index contributed by atoms with van der Waals surface area (Å²) in [5.41, 5.74) is 6.73. The van der Waals surface area contributed by atoms with Gasteiger partial charge >= 0.3 is 0 Å². The molecule has 1 heterocycles. The molecule has 1 aliphatic carbocycles. The van der Waals surface area contributed by atoms with Crippen LogP contribution in [0, 0.1) is 17.8 Å². The summed E-state index contributed by atoms with van der Waals surface area (Å²) in [7, 11) is 0. The highest BCUT2D eigenvalue weighted by atomic mass is 15.3. The third kappa shape index (κ3) is 4.67. The van der Waals surface area contributed by atoms with Crippen LogP contribution in [0.2, 0.25) is 0 Å². The number of hydrogen-bond acceptors (Lipinski definition) is 3. The first-order valence-corrected chi connectivity index (χ1v) is 9.00. The van der Waals surface area contributed by atoms with E-state index in [1.807, 2.05) is 0 Å². The lowest BCUT2D eigenvalue weighted by atomic mass is 9.73. The summed E-state index contributed by atoms with van der Waals surface area (Å²) in [5.74, 6) is 2.43. The number of piperazine rings is 1. The van der Waals surface area contributed by atoms with Gasteiger partial charge in [0.25, 0.3) is 0 Å². The fourth-order valence-electron chi connectivity index (χ4n) is 4.07. The molecule has 1 saturated heterocycles. The van der Waals surface area contributed by atoms with Gasteiger partial charge in [0.2, 0.25) is 0 Å². The maximum Gasteiger partial charge on any atom is 0.0126 e. The minimum absolute atomic E-state index is 0.316. The molecule has 3 nitrogen and oxygen atoms in total. The Hall–Kier alpha value is -0.120. The monoisotopic (exact) mass is 295 g/mol. The van der Waals surface area contributed by atoms with Crippen LogP contribution in [0.1, 0.15) is 53.9 Å². The Morgan fingerprint density at radius 1 is 1.05 bits per heavy atom. The molecule has 2 N–H and O–H groups in total. The van der Waals surface area contributed by atoms with Crippen LogP contribution in [0.4, 0.5) is 0 Å². The van der Waals surface area contributed by atoms with Crippen molar-refractivity contribution in [2.75, 3.05) is 32.7 Å². The van der Waals surface area contributed by atoms with Gasteiger partial charge in [-0.3, -0.25) is 4.90 Å². The Bertz CT molecular complexity index is 313. The van der Waals surface area contributed by atoms with E-state index in [0.717, 1.165) is 11.8 Å². The van der Waals surface area contributed by atoms with Crippen LogP contribution < -0.4 is 5.73 Å². The van der Waals surface area contributed by atoms with E-state index in [0.29, 0.717) is 17.5 Å². The van der Waals surface area contributed by atoms with Gasteiger partial charge in [0, 0.05) is 44.3 Å². The van der Waals surface area contributed by atoms with Gasteiger partial charge in [-0.05, 0) is 57.8 Å². The van der Waals surface area contributed by atoms with E-state index in [9.17, 15) is 0 Å². The standard InChI is InChI=1S/C18H37N3/c1-14(2)15-6-7-17(19)16(12-15)13-20-8-10-21(11-9-20)18(3,4)5/h14-17H,6-13,19H2,1-5H3. The van der Waals surface area contributed by atoms with Gasteiger partial charge in [0.1, 0.15) is 0 Å².